The molecule has 0 aliphatic heterocycles. The average Bonchev–Trinajstić information content (AvgIpc) is 3.14. The lowest BCUT2D eigenvalue weighted by Crippen LogP contribution is -1.92. The van der Waals surface area contributed by atoms with Crippen molar-refractivity contribution in [3.63, 3.8) is 0 Å². The Kier molecular flexibility index (Phi) is 3.41. The molecule has 0 fully saturated rings. The van der Waals surface area contributed by atoms with Crippen molar-refractivity contribution in [2.75, 3.05) is 0 Å². The second kappa shape index (κ2) is 5.85. The number of pyridine rings is 2. The van der Waals surface area contributed by atoms with Crippen molar-refractivity contribution in [1.29, 1.82) is 0 Å². The molecule has 4 aromatic rings. The predicted octanol–water partition coefficient (Wildman–Crippen LogP) is 4.00. The van der Waals surface area contributed by atoms with Gasteiger partial charge in [0.15, 0.2) is 0 Å². The molecule has 110 valence electrons. The maximum absolute atomic E-state index is 4.50. The van der Waals surface area contributed by atoms with Crippen molar-refractivity contribution in [3.05, 3.63) is 85.7 Å². The molecule has 0 atom stereocenters. The van der Waals surface area contributed by atoms with E-state index in [9.17, 15) is 0 Å². The van der Waals surface area contributed by atoms with Crippen molar-refractivity contribution in [2.24, 2.45) is 0 Å². The number of rotatable bonds is 3. The first-order valence-electron chi connectivity index (χ1n) is 7.36. The van der Waals surface area contributed by atoms with E-state index in [1.807, 2.05) is 47.3 Å². The summed E-state index contributed by atoms with van der Waals surface area (Å²) in [6, 6.07) is 18.1. The van der Waals surface area contributed by atoms with Gasteiger partial charge in [0.1, 0.15) is 12.1 Å². The average molecular weight is 298 g/mol. The molecule has 0 bridgehead atoms. The van der Waals surface area contributed by atoms with Gasteiger partial charge in [-0.15, -0.1) is 0 Å². The third-order valence-corrected chi connectivity index (χ3v) is 3.65. The number of nitrogens with zero attached hydrogens (tertiary/aromatic N) is 4. The SMILES string of the molecule is c1ccc(-n2cnc(-c3cccc(-c4cccnc4)c3)c2)nc1. The normalized spacial score (nSPS) is 10.6. The van der Waals surface area contributed by atoms with Gasteiger partial charge < -0.3 is 0 Å². The highest BCUT2D eigenvalue weighted by molar-refractivity contribution is 5.70. The third-order valence-electron chi connectivity index (χ3n) is 3.65. The highest BCUT2D eigenvalue weighted by Gasteiger charge is 2.06. The predicted molar refractivity (Wildman–Crippen MR) is 90.0 cm³/mol. The lowest BCUT2D eigenvalue weighted by atomic mass is 10.0. The Morgan fingerprint density at radius 2 is 1.65 bits per heavy atom. The minimum atomic E-state index is 0.856. The van der Waals surface area contributed by atoms with Crippen LogP contribution in [-0.2, 0) is 0 Å². The summed E-state index contributed by atoms with van der Waals surface area (Å²) in [6.07, 6.45) is 9.20. The number of benzene rings is 1. The maximum Gasteiger partial charge on any atom is 0.137 e. The van der Waals surface area contributed by atoms with Crippen LogP contribution < -0.4 is 0 Å². The molecule has 23 heavy (non-hydrogen) atoms. The molecule has 3 heterocycles. The molecule has 0 radical (unpaired) electrons. The van der Waals surface area contributed by atoms with Crippen LogP contribution >= 0.6 is 0 Å². The lowest BCUT2D eigenvalue weighted by Gasteiger charge is -2.03. The molecule has 4 nitrogen and oxygen atoms in total. The Hall–Kier alpha value is -3.27. The summed E-state index contributed by atoms with van der Waals surface area (Å²) >= 11 is 0. The van der Waals surface area contributed by atoms with E-state index in [2.05, 4.69) is 39.2 Å². The fourth-order valence-electron chi connectivity index (χ4n) is 2.50. The highest BCUT2D eigenvalue weighted by atomic mass is 15.1. The molecule has 0 saturated heterocycles. The summed E-state index contributed by atoms with van der Waals surface area (Å²) in [5.41, 5.74) is 4.21. The zero-order chi connectivity index (χ0) is 15.5. The first kappa shape index (κ1) is 13.4. The lowest BCUT2D eigenvalue weighted by molar-refractivity contribution is 0.993. The number of hydrogen-bond acceptors (Lipinski definition) is 3. The number of imidazole rings is 1. The van der Waals surface area contributed by atoms with Gasteiger partial charge in [-0.05, 0) is 29.8 Å². The first-order valence-corrected chi connectivity index (χ1v) is 7.36. The van der Waals surface area contributed by atoms with E-state index in [-0.39, 0.29) is 0 Å². The van der Waals surface area contributed by atoms with E-state index >= 15 is 0 Å². The summed E-state index contributed by atoms with van der Waals surface area (Å²) in [4.78, 5) is 13.0. The molecule has 0 N–H and O–H groups in total. The molecular weight excluding hydrogens is 284 g/mol. The molecular formula is C19H14N4. The van der Waals surface area contributed by atoms with Crippen molar-refractivity contribution in [2.45, 2.75) is 0 Å². The Labute approximate surface area is 134 Å². The molecule has 3 aromatic heterocycles. The van der Waals surface area contributed by atoms with E-state index in [4.69, 9.17) is 0 Å². The second-order valence-electron chi connectivity index (χ2n) is 5.18. The van der Waals surface area contributed by atoms with Gasteiger partial charge in [0, 0.05) is 35.9 Å². The van der Waals surface area contributed by atoms with Gasteiger partial charge in [0.05, 0.1) is 5.69 Å². The van der Waals surface area contributed by atoms with Gasteiger partial charge in [-0.25, -0.2) is 9.97 Å². The largest absolute Gasteiger partial charge is 0.290 e. The fourth-order valence-corrected chi connectivity index (χ4v) is 2.50. The van der Waals surface area contributed by atoms with Gasteiger partial charge in [0.25, 0.3) is 0 Å². The number of hydrogen-bond donors (Lipinski definition) is 0. The summed E-state index contributed by atoms with van der Waals surface area (Å²) in [5.74, 6) is 0.856. The zero-order valence-electron chi connectivity index (χ0n) is 12.4. The zero-order valence-corrected chi connectivity index (χ0v) is 12.4. The van der Waals surface area contributed by atoms with E-state index in [0.717, 1.165) is 28.2 Å². The summed E-state index contributed by atoms with van der Waals surface area (Å²) < 4.78 is 1.92. The van der Waals surface area contributed by atoms with Crippen LogP contribution in [0.4, 0.5) is 0 Å². The van der Waals surface area contributed by atoms with E-state index in [1.165, 1.54) is 0 Å². The Morgan fingerprint density at radius 3 is 2.48 bits per heavy atom. The second-order valence-corrected chi connectivity index (χ2v) is 5.18. The molecule has 0 aliphatic rings. The van der Waals surface area contributed by atoms with Crippen LogP contribution in [0.3, 0.4) is 0 Å². The molecule has 4 heteroatoms. The minimum Gasteiger partial charge on any atom is -0.290 e. The minimum absolute atomic E-state index is 0.856. The van der Waals surface area contributed by atoms with Crippen molar-refractivity contribution in [1.82, 2.24) is 19.5 Å². The van der Waals surface area contributed by atoms with E-state index in [0.29, 0.717) is 0 Å². The quantitative estimate of drug-likeness (QED) is 0.574. The van der Waals surface area contributed by atoms with Crippen molar-refractivity contribution in [3.8, 4) is 28.2 Å². The Balaban J connectivity index is 1.71. The van der Waals surface area contributed by atoms with Gasteiger partial charge in [-0.3, -0.25) is 9.55 Å². The summed E-state index contributed by atoms with van der Waals surface area (Å²) in [7, 11) is 0. The molecule has 1 aromatic carbocycles. The molecule has 0 unspecified atom stereocenters. The fraction of sp³-hybridized carbons (Fsp3) is 0. The van der Waals surface area contributed by atoms with Gasteiger partial charge in [-0.1, -0.05) is 30.3 Å². The smallest absolute Gasteiger partial charge is 0.137 e. The van der Waals surface area contributed by atoms with Gasteiger partial charge >= 0.3 is 0 Å². The van der Waals surface area contributed by atoms with Crippen LogP contribution in [-0.4, -0.2) is 19.5 Å². The summed E-state index contributed by atoms with van der Waals surface area (Å²) in [6.45, 7) is 0. The Morgan fingerprint density at radius 1 is 0.739 bits per heavy atom. The highest BCUT2D eigenvalue weighted by Crippen LogP contribution is 2.25. The van der Waals surface area contributed by atoms with E-state index in [1.54, 1.807) is 18.7 Å². The Bertz CT molecular complexity index is 914. The van der Waals surface area contributed by atoms with Crippen molar-refractivity contribution >= 4 is 0 Å². The molecule has 0 aliphatic carbocycles. The van der Waals surface area contributed by atoms with Gasteiger partial charge in [0.2, 0.25) is 0 Å². The van der Waals surface area contributed by atoms with Gasteiger partial charge in [-0.2, -0.15) is 0 Å². The van der Waals surface area contributed by atoms with E-state index < -0.39 is 0 Å². The summed E-state index contributed by atoms with van der Waals surface area (Å²) in [5, 5.41) is 0. The molecule has 0 amide bonds. The van der Waals surface area contributed by atoms with Crippen LogP contribution in [0.2, 0.25) is 0 Å². The van der Waals surface area contributed by atoms with Crippen molar-refractivity contribution < 1.29 is 0 Å². The van der Waals surface area contributed by atoms with Crippen LogP contribution in [0, 0.1) is 0 Å². The van der Waals surface area contributed by atoms with Crippen LogP contribution in [0.5, 0.6) is 0 Å². The topological polar surface area (TPSA) is 43.6 Å². The maximum atomic E-state index is 4.50. The van der Waals surface area contributed by atoms with Crippen LogP contribution in [0.15, 0.2) is 85.7 Å². The number of aromatic nitrogens is 4. The van der Waals surface area contributed by atoms with Crippen LogP contribution in [0.1, 0.15) is 0 Å². The first-order chi connectivity index (χ1) is 11.4. The molecule has 0 spiro atoms. The molecule has 4 rings (SSSR count). The standard InChI is InChI=1S/C19H14N4/c1-2-10-21-19(8-1)23-13-18(22-14-23)16-6-3-5-15(11-16)17-7-4-9-20-12-17/h1-14H. The third kappa shape index (κ3) is 2.74. The monoisotopic (exact) mass is 298 g/mol. The van der Waals surface area contributed by atoms with Crippen LogP contribution in [0.25, 0.3) is 28.2 Å². The molecule has 0 saturated carbocycles.